The van der Waals surface area contributed by atoms with E-state index < -0.39 is 0 Å². The molecule has 0 heterocycles. The molecule has 2 unspecified atom stereocenters. The van der Waals surface area contributed by atoms with E-state index in [2.05, 4.69) is 12.2 Å². The fraction of sp³-hybridized carbons (Fsp3) is 0.571. The summed E-state index contributed by atoms with van der Waals surface area (Å²) in [4.78, 5) is 0. The summed E-state index contributed by atoms with van der Waals surface area (Å²) in [6.45, 7) is 2.91. The van der Waals surface area contributed by atoms with E-state index >= 15 is 0 Å². The Morgan fingerprint density at radius 1 is 1.29 bits per heavy atom. The molecule has 2 rings (SSSR count). The number of hydrogen-bond acceptors (Lipinski definition) is 3. The lowest BCUT2D eigenvalue weighted by molar-refractivity contribution is 0.299. The molecule has 0 spiro atoms. The van der Waals surface area contributed by atoms with Crippen LogP contribution in [0.25, 0.3) is 0 Å². The van der Waals surface area contributed by atoms with Crippen molar-refractivity contribution in [3.8, 4) is 11.5 Å². The first-order valence-electron chi connectivity index (χ1n) is 6.40. The molecule has 3 heteroatoms. The minimum absolute atomic E-state index is 0.00357. The first-order chi connectivity index (χ1) is 8.16. The minimum atomic E-state index is -0.0405. The molecule has 1 aromatic rings. The predicted molar refractivity (Wildman–Crippen MR) is 68.0 cm³/mol. The van der Waals surface area contributed by atoms with Crippen LogP contribution >= 0.6 is 0 Å². The second-order valence-corrected chi connectivity index (χ2v) is 5.13. The lowest BCUT2D eigenvalue weighted by Gasteiger charge is -2.27. The molecule has 17 heavy (non-hydrogen) atoms. The Balaban J connectivity index is 1.91. The van der Waals surface area contributed by atoms with Gasteiger partial charge in [-0.1, -0.05) is 31.9 Å². The van der Waals surface area contributed by atoms with Crippen LogP contribution in [0.1, 0.15) is 38.2 Å². The van der Waals surface area contributed by atoms with Crippen LogP contribution in [0.15, 0.2) is 18.2 Å². The van der Waals surface area contributed by atoms with Gasteiger partial charge >= 0.3 is 0 Å². The molecule has 1 aliphatic rings. The van der Waals surface area contributed by atoms with Gasteiger partial charge in [0.25, 0.3) is 0 Å². The van der Waals surface area contributed by atoms with E-state index in [0.717, 1.165) is 11.5 Å². The smallest absolute Gasteiger partial charge is 0.161 e. The van der Waals surface area contributed by atoms with Crippen LogP contribution in [-0.4, -0.2) is 16.3 Å². The van der Waals surface area contributed by atoms with Gasteiger partial charge in [0.1, 0.15) is 0 Å². The van der Waals surface area contributed by atoms with Gasteiger partial charge in [-0.05, 0) is 24.8 Å². The highest BCUT2D eigenvalue weighted by Gasteiger charge is 2.18. The fourth-order valence-corrected chi connectivity index (χ4v) is 2.59. The number of aromatic hydroxyl groups is 2. The van der Waals surface area contributed by atoms with Gasteiger partial charge in [-0.3, -0.25) is 0 Å². The van der Waals surface area contributed by atoms with Gasteiger partial charge in [0, 0.05) is 18.2 Å². The van der Waals surface area contributed by atoms with Crippen molar-refractivity contribution in [1.29, 1.82) is 0 Å². The molecule has 0 aliphatic heterocycles. The highest BCUT2D eigenvalue weighted by Crippen LogP contribution is 2.29. The van der Waals surface area contributed by atoms with Gasteiger partial charge in [-0.15, -0.1) is 0 Å². The molecule has 1 fully saturated rings. The summed E-state index contributed by atoms with van der Waals surface area (Å²) in [5.74, 6) is 0.754. The molecular weight excluding hydrogens is 214 g/mol. The fourth-order valence-electron chi connectivity index (χ4n) is 2.59. The zero-order valence-electron chi connectivity index (χ0n) is 10.3. The monoisotopic (exact) mass is 235 g/mol. The summed E-state index contributed by atoms with van der Waals surface area (Å²) < 4.78 is 0. The Kier molecular flexibility index (Phi) is 3.89. The van der Waals surface area contributed by atoms with Crippen molar-refractivity contribution < 1.29 is 10.2 Å². The van der Waals surface area contributed by atoms with Gasteiger partial charge in [-0.25, -0.2) is 0 Å². The summed E-state index contributed by atoms with van der Waals surface area (Å²) >= 11 is 0. The Morgan fingerprint density at radius 3 is 2.88 bits per heavy atom. The largest absolute Gasteiger partial charge is 0.504 e. The Labute approximate surface area is 102 Å². The quantitative estimate of drug-likeness (QED) is 0.706. The van der Waals surface area contributed by atoms with Crippen molar-refractivity contribution in [2.75, 3.05) is 0 Å². The molecule has 1 aromatic carbocycles. The standard InChI is InChI=1S/C14H21NO2/c1-10-4-2-6-12(8-10)15-9-11-5-3-7-13(16)14(11)17/h3,5,7,10,12,15-17H,2,4,6,8-9H2,1H3. The average molecular weight is 235 g/mol. The highest BCUT2D eigenvalue weighted by atomic mass is 16.3. The van der Waals surface area contributed by atoms with Crippen LogP contribution in [0.3, 0.4) is 0 Å². The van der Waals surface area contributed by atoms with Gasteiger partial charge in [0.15, 0.2) is 11.5 Å². The first-order valence-corrected chi connectivity index (χ1v) is 6.40. The normalized spacial score (nSPS) is 24.8. The Morgan fingerprint density at radius 2 is 2.12 bits per heavy atom. The van der Waals surface area contributed by atoms with Crippen molar-refractivity contribution in [1.82, 2.24) is 5.32 Å². The number of nitrogens with one attached hydrogen (secondary N) is 1. The van der Waals surface area contributed by atoms with E-state index in [0.29, 0.717) is 12.6 Å². The van der Waals surface area contributed by atoms with E-state index in [1.54, 1.807) is 6.07 Å². The third kappa shape index (κ3) is 3.13. The summed E-state index contributed by atoms with van der Waals surface area (Å²) in [6, 6.07) is 5.64. The van der Waals surface area contributed by atoms with Crippen molar-refractivity contribution in [2.45, 2.75) is 45.2 Å². The number of benzene rings is 1. The molecule has 0 radical (unpaired) electrons. The second kappa shape index (κ2) is 5.41. The van der Waals surface area contributed by atoms with Crippen molar-refractivity contribution >= 4 is 0 Å². The molecule has 3 nitrogen and oxygen atoms in total. The van der Waals surface area contributed by atoms with Crippen LogP contribution in [0.2, 0.25) is 0 Å². The molecule has 1 saturated carbocycles. The zero-order chi connectivity index (χ0) is 12.3. The average Bonchev–Trinajstić information content (AvgIpc) is 2.31. The molecule has 2 atom stereocenters. The van der Waals surface area contributed by atoms with Gasteiger partial charge in [-0.2, -0.15) is 0 Å². The molecule has 94 valence electrons. The maximum absolute atomic E-state index is 9.69. The Bertz CT molecular complexity index is 378. The van der Waals surface area contributed by atoms with Crippen molar-refractivity contribution in [3.63, 3.8) is 0 Å². The van der Waals surface area contributed by atoms with E-state index in [1.165, 1.54) is 31.7 Å². The number of phenols is 2. The lowest BCUT2D eigenvalue weighted by Crippen LogP contribution is -2.33. The van der Waals surface area contributed by atoms with Crippen molar-refractivity contribution in [2.24, 2.45) is 5.92 Å². The molecule has 0 aromatic heterocycles. The molecule has 0 bridgehead atoms. The second-order valence-electron chi connectivity index (χ2n) is 5.13. The Hall–Kier alpha value is -1.22. The summed E-state index contributed by atoms with van der Waals surface area (Å²) in [7, 11) is 0. The minimum Gasteiger partial charge on any atom is -0.504 e. The topological polar surface area (TPSA) is 52.5 Å². The van der Waals surface area contributed by atoms with Crippen LogP contribution in [0.5, 0.6) is 11.5 Å². The van der Waals surface area contributed by atoms with Crippen LogP contribution in [0, 0.1) is 5.92 Å². The zero-order valence-corrected chi connectivity index (χ0v) is 10.3. The SMILES string of the molecule is CC1CCCC(NCc2cccc(O)c2O)C1. The number of hydrogen-bond donors (Lipinski definition) is 3. The maximum Gasteiger partial charge on any atom is 0.161 e. The lowest BCUT2D eigenvalue weighted by atomic mass is 9.87. The summed E-state index contributed by atoms with van der Waals surface area (Å²) in [5, 5.41) is 22.6. The number of rotatable bonds is 3. The van der Waals surface area contributed by atoms with Gasteiger partial charge in [0.2, 0.25) is 0 Å². The van der Waals surface area contributed by atoms with Gasteiger partial charge < -0.3 is 15.5 Å². The summed E-state index contributed by atoms with van der Waals surface area (Å²) in [6.07, 6.45) is 5.03. The third-order valence-corrected chi connectivity index (χ3v) is 3.62. The van der Waals surface area contributed by atoms with E-state index in [-0.39, 0.29) is 11.5 Å². The maximum atomic E-state index is 9.69. The summed E-state index contributed by atoms with van der Waals surface area (Å²) in [5.41, 5.74) is 0.767. The molecule has 0 amide bonds. The van der Waals surface area contributed by atoms with E-state index in [1.807, 2.05) is 6.07 Å². The number of para-hydroxylation sites is 1. The third-order valence-electron chi connectivity index (χ3n) is 3.62. The molecule has 3 N–H and O–H groups in total. The first kappa shape index (κ1) is 12.2. The van der Waals surface area contributed by atoms with E-state index in [4.69, 9.17) is 0 Å². The molecular formula is C14H21NO2. The molecule has 1 aliphatic carbocycles. The van der Waals surface area contributed by atoms with Crippen LogP contribution in [-0.2, 0) is 6.54 Å². The van der Waals surface area contributed by atoms with Crippen molar-refractivity contribution in [3.05, 3.63) is 23.8 Å². The van der Waals surface area contributed by atoms with Gasteiger partial charge in [0.05, 0.1) is 0 Å². The van der Waals surface area contributed by atoms with Crippen LogP contribution < -0.4 is 5.32 Å². The highest BCUT2D eigenvalue weighted by molar-refractivity contribution is 5.44. The van der Waals surface area contributed by atoms with Crippen LogP contribution in [0.4, 0.5) is 0 Å². The van der Waals surface area contributed by atoms with E-state index in [9.17, 15) is 10.2 Å². The predicted octanol–water partition coefficient (Wildman–Crippen LogP) is 2.77. The number of phenolic OH excluding ortho intramolecular Hbond substituents is 2. The molecule has 0 saturated heterocycles.